The van der Waals surface area contributed by atoms with Crippen LogP contribution in [0.15, 0.2) is 0 Å². The molecule has 4 heteroatoms. The Kier molecular flexibility index (Phi) is 3.34. The quantitative estimate of drug-likeness (QED) is 0.639. The first-order valence-electron chi connectivity index (χ1n) is 4.26. The van der Waals surface area contributed by atoms with Crippen molar-refractivity contribution in [2.24, 2.45) is 11.8 Å². The lowest BCUT2D eigenvalue weighted by atomic mass is 9.89. The Bertz CT molecular complexity index is 157. The van der Waals surface area contributed by atoms with Gasteiger partial charge >= 0.3 is 6.09 Å². The highest BCUT2D eigenvalue weighted by Gasteiger charge is 2.23. The summed E-state index contributed by atoms with van der Waals surface area (Å²) in [7, 11) is 1.38. The second kappa shape index (κ2) is 4.30. The van der Waals surface area contributed by atoms with Gasteiger partial charge in [-0.05, 0) is 24.9 Å². The third-order valence-corrected chi connectivity index (χ3v) is 2.37. The van der Waals surface area contributed by atoms with Crippen molar-refractivity contribution >= 4 is 6.09 Å². The molecule has 1 atom stereocenters. The van der Waals surface area contributed by atoms with Gasteiger partial charge in [-0.15, -0.1) is 0 Å². The second-order valence-corrected chi connectivity index (χ2v) is 3.27. The molecule has 0 aromatic carbocycles. The molecule has 70 valence electrons. The van der Waals surface area contributed by atoms with Crippen molar-refractivity contribution in [2.75, 3.05) is 26.7 Å². The molecule has 1 heterocycles. The molecular formula is C8H16N2O2. The highest BCUT2D eigenvalue weighted by molar-refractivity contribution is 5.66. The summed E-state index contributed by atoms with van der Waals surface area (Å²) in [6, 6.07) is 0. The molecule has 0 bridgehead atoms. The minimum Gasteiger partial charge on any atom is -0.453 e. The van der Waals surface area contributed by atoms with Crippen molar-refractivity contribution < 1.29 is 9.53 Å². The Morgan fingerprint density at radius 2 is 2.42 bits per heavy atom. The van der Waals surface area contributed by atoms with Gasteiger partial charge in [0.15, 0.2) is 0 Å². The van der Waals surface area contributed by atoms with E-state index >= 15 is 0 Å². The summed E-state index contributed by atoms with van der Waals surface area (Å²) in [5, 5.41) is 5.89. The number of carbonyl (C=O) groups excluding carboxylic acids is 1. The standard InChI is InChI=1S/C8H16N2O2/c1-6(7-4-9-5-7)3-10-8(11)12-2/h6-7,9H,3-5H2,1-2H3,(H,10,11). The molecule has 1 unspecified atom stereocenters. The van der Waals surface area contributed by atoms with E-state index in [9.17, 15) is 4.79 Å². The van der Waals surface area contributed by atoms with Gasteiger partial charge in [-0.2, -0.15) is 0 Å². The molecule has 4 nitrogen and oxygen atoms in total. The number of nitrogens with one attached hydrogen (secondary N) is 2. The van der Waals surface area contributed by atoms with Crippen molar-refractivity contribution in [3.63, 3.8) is 0 Å². The molecule has 0 aromatic rings. The van der Waals surface area contributed by atoms with Crippen molar-refractivity contribution in [1.29, 1.82) is 0 Å². The average Bonchev–Trinajstić information content (AvgIpc) is 1.97. The fourth-order valence-electron chi connectivity index (χ4n) is 1.20. The first-order chi connectivity index (χ1) is 5.74. The van der Waals surface area contributed by atoms with Crippen molar-refractivity contribution in [3.8, 4) is 0 Å². The number of hydrogen-bond donors (Lipinski definition) is 2. The van der Waals surface area contributed by atoms with E-state index in [0.717, 1.165) is 13.1 Å². The van der Waals surface area contributed by atoms with Crippen LogP contribution in [-0.2, 0) is 4.74 Å². The van der Waals surface area contributed by atoms with Crippen LogP contribution in [0, 0.1) is 11.8 Å². The van der Waals surface area contributed by atoms with Gasteiger partial charge in [-0.25, -0.2) is 4.79 Å². The zero-order valence-corrected chi connectivity index (χ0v) is 7.59. The fourth-order valence-corrected chi connectivity index (χ4v) is 1.20. The van der Waals surface area contributed by atoms with Gasteiger partial charge in [0.25, 0.3) is 0 Å². The van der Waals surface area contributed by atoms with Crippen LogP contribution in [0.3, 0.4) is 0 Å². The van der Waals surface area contributed by atoms with Crippen LogP contribution in [0.25, 0.3) is 0 Å². The summed E-state index contributed by atoms with van der Waals surface area (Å²) in [5.74, 6) is 1.24. The second-order valence-electron chi connectivity index (χ2n) is 3.27. The number of ether oxygens (including phenoxy) is 1. The zero-order chi connectivity index (χ0) is 8.97. The predicted octanol–water partition coefficient (Wildman–Crippen LogP) is 0.198. The molecule has 0 aliphatic carbocycles. The van der Waals surface area contributed by atoms with Gasteiger partial charge in [0, 0.05) is 6.54 Å². The Morgan fingerprint density at radius 3 is 2.83 bits per heavy atom. The predicted molar refractivity (Wildman–Crippen MR) is 45.9 cm³/mol. The summed E-state index contributed by atoms with van der Waals surface area (Å²) >= 11 is 0. The third kappa shape index (κ3) is 2.37. The summed E-state index contributed by atoms with van der Waals surface area (Å²) in [4.78, 5) is 10.7. The van der Waals surface area contributed by atoms with Crippen LogP contribution in [0.5, 0.6) is 0 Å². The van der Waals surface area contributed by atoms with Gasteiger partial charge in [-0.1, -0.05) is 6.92 Å². The lowest BCUT2D eigenvalue weighted by molar-refractivity contribution is 0.164. The SMILES string of the molecule is COC(=O)NCC(C)C1CNC1. The van der Waals surface area contributed by atoms with E-state index in [4.69, 9.17) is 0 Å². The summed E-state index contributed by atoms with van der Waals surface area (Å²) in [6.07, 6.45) is -0.339. The number of amides is 1. The largest absolute Gasteiger partial charge is 0.453 e. The smallest absolute Gasteiger partial charge is 0.406 e. The summed E-state index contributed by atoms with van der Waals surface area (Å²) in [5.41, 5.74) is 0. The fraction of sp³-hybridized carbons (Fsp3) is 0.875. The number of alkyl carbamates (subject to hydrolysis) is 1. The lowest BCUT2D eigenvalue weighted by Gasteiger charge is -2.32. The van der Waals surface area contributed by atoms with Gasteiger partial charge in [-0.3, -0.25) is 0 Å². The molecule has 0 saturated carbocycles. The van der Waals surface area contributed by atoms with Gasteiger partial charge in [0.1, 0.15) is 0 Å². The molecule has 1 aliphatic heterocycles. The Balaban J connectivity index is 2.09. The molecule has 0 spiro atoms. The van der Waals surface area contributed by atoms with Gasteiger partial charge in [0.05, 0.1) is 7.11 Å². The highest BCUT2D eigenvalue weighted by atomic mass is 16.5. The maximum absolute atomic E-state index is 10.7. The molecular weight excluding hydrogens is 156 g/mol. The molecule has 0 radical (unpaired) electrons. The summed E-state index contributed by atoms with van der Waals surface area (Å²) in [6.45, 7) is 4.99. The average molecular weight is 172 g/mol. The van der Waals surface area contributed by atoms with E-state index in [1.807, 2.05) is 0 Å². The molecule has 12 heavy (non-hydrogen) atoms. The molecule has 1 saturated heterocycles. The normalized spacial score (nSPS) is 19.5. The maximum Gasteiger partial charge on any atom is 0.406 e. The van der Waals surface area contributed by atoms with E-state index in [1.165, 1.54) is 7.11 Å². The van der Waals surface area contributed by atoms with Crippen LogP contribution in [-0.4, -0.2) is 32.8 Å². The van der Waals surface area contributed by atoms with Crippen LogP contribution in [0.1, 0.15) is 6.92 Å². The van der Waals surface area contributed by atoms with Crippen molar-refractivity contribution in [3.05, 3.63) is 0 Å². The van der Waals surface area contributed by atoms with Gasteiger partial charge < -0.3 is 15.4 Å². The van der Waals surface area contributed by atoms with Crippen molar-refractivity contribution in [1.82, 2.24) is 10.6 Å². The van der Waals surface area contributed by atoms with Crippen molar-refractivity contribution in [2.45, 2.75) is 6.92 Å². The van der Waals surface area contributed by atoms with Crippen LogP contribution < -0.4 is 10.6 Å². The van der Waals surface area contributed by atoms with E-state index < -0.39 is 0 Å². The first-order valence-corrected chi connectivity index (χ1v) is 4.26. The number of rotatable bonds is 3. The minimum absolute atomic E-state index is 0.339. The topological polar surface area (TPSA) is 50.4 Å². The van der Waals surface area contributed by atoms with Crippen LogP contribution in [0.2, 0.25) is 0 Å². The lowest BCUT2D eigenvalue weighted by Crippen LogP contribution is -2.48. The molecule has 1 amide bonds. The molecule has 1 fully saturated rings. The molecule has 1 rings (SSSR count). The third-order valence-electron chi connectivity index (χ3n) is 2.37. The number of carbonyl (C=O) groups is 1. The summed E-state index contributed by atoms with van der Waals surface area (Å²) < 4.78 is 4.47. The van der Waals surface area contributed by atoms with E-state index in [2.05, 4.69) is 22.3 Å². The number of hydrogen-bond acceptors (Lipinski definition) is 3. The van der Waals surface area contributed by atoms with Crippen LogP contribution >= 0.6 is 0 Å². The maximum atomic E-state index is 10.7. The van der Waals surface area contributed by atoms with E-state index in [-0.39, 0.29) is 6.09 Å². The molecule has 0 aromatic heterocycles. The molecule has 2 N–H and O–H groups in total. The monoisotopic (exact) mass is 172 g/mol. The van der Waals surface area contributed by atoms with Gasteiger partial charge in [0.2, 0.25) is 0 Å². The van der Waals surface area contributed by atoms with E-state index in [1.54, 1.807) is 0 Å². The zero-order valence-electron chi connectivity index (χ0n) is 7.59. The first kappa shape index (κ1) is 9.32. The Hall–Kier alpha value is -0.770. The minimum atomic E-state index is -0.339. The Labute approximate surface area is 72.7 Å². The van der Waals surface area contributed by atoms with Crippen LogP contribution in [0.4, 0.5) is 4.79 Å². The highest BCUT2D eigenvalue weighted by Crippen LogP contribution is 2.14. The number of methoxy groups -OCH3 is 1. The van der Waals surface area contributed by atoms with E-state index in [0.29, 0.717) is 18.4 Å². The Morgan fingerprint density at radius 1 is 1.75 bits per heavy atom. The molecule has 1 aliphatic rings.